The van der Waals surface area contributed by atoms with Crippen LogP contribution in [0.3, 0.4) is 0 Å². The summed E-state index contributed by atoms with van der Waals surface area (Å²) >= 11 is 0. The van der Waals surface area contributed by atoms with Gasteiger partial charge < -0.3 is 45.2 Å². The molecule has 8 rings (SSSR count). The van der Waals surface area contributed by atoms with E-state index in [0.717, 1.165) is 104 Å². The molecule has 2 saturated carbocycles. The van der Waals surface area contributed by atoms with Gasteiger partial charge in [0.05, 0.1) is 38.8 Å². The zero-order valence-electron chi connectivity index (χ0n) is 43.0. The number of carbonyl (C=O) groups excluding carboxylic acids is 3. The summed E-state index contributed by atoms with van der Waals surface area (Å²) in [4.78, 5) is 78.7. The monoisotopic (exact) mass is 1000 g/mol. The van der Waals surface area contributed by atoms with Crippen molar-refractivity contribution in [3.63, 3.8) is 0 Å². The molecule has 0 saturated heterocycles. The van der Waals surface area contributed by atoms with Crippen LogP contribution in [0.1, 0.15) is 104 Å². The number of pyridine rings is 4. The molecule has 20 heteroatoms. The number of ether oxygens (including phenoxy) is 4. The van der Waals surface area contributed by atoms with Crippen molar-refractivity contribution in [2.24, 2.45) is 11.8 Å². The van der Waals surface area contributed by atoms with E-state index in [4.69, 9.17) is 19.2 Å². The van der Waals surface area contributed by atoms with E-state index in [9.17, 15) is 19.2 Å². The number of nitrogens with one attached hydrogen (secondary N) is 5. The second kappa shape index (κ2) is 27.9. The molecule has 0 aromatic carbocycles. The molecule has 0 spiro atoms. The van der Waals surface area contributed by atoms with Gasteiger partial charge in [0.15, 0.2) is 0 Å². The second-order valence-electron chi connectivity index (χ2n) is 18.7. The Labute approximate surface area is 426 Å². The maximum atomic E-state index is 12.0. The molecule has 0 aliphatic heterocycles. The number of methoxy groups -OCH3 is 1. The number of carbonyl (C=O) groups is 3. The average Bonchev–Trinajstić information content (AvgIpc) is 3.37. The second-order valence-corrected chi connectivity index (χ2v) is 18.7. The summed E-state index contributed by atoms with van der Waals surface area (Å²) in [7, 11) is 1.61. The third-order valence-electron chi connectivity index (χ3n) is 12.1. The van der Waals surface area contributed by atoms with Crippen molar-refractivity contribution in [3.05, 3.63) is 95.1 Å². The number of aromatic nitrogens is 8. The van der Waals surface area contributed by atoms with Crippen LogP contribution in [0.25, 0.3) is 21.8 Å². The molecule has 5 N–H and O–H groups in total. The van der Waals surface area contributed by atoms with Gasteiger partial charge in [0.1, 0.15) is 22.7 Å². The molecule has 73 heavy (non-hydrogen) atoms. The highest BCUT2D eigenvalue weighted by Gasteiger charge is 2.23. The van der Waals surface area contributed by atoms with Crippen LogP contribution in [-0.2, 0) is 41.4 Å². The van der Waals surface area contributed by atoms with E-state index in [1.807, 2.05) is 64.1 Å². The van der Waals surface area contributed by atoms with E-state index in [1.165, 1.54) is 6.92 Å². The first-order chi connectivity index (χ1) is 35.2. The topological polar surface area (TPSA) is 259 Å². The van der Waals surface area contributed by atoms with Crippen molar-refractivity contribution in [1.82, 2.24) is 39.9 Å². The van der Waals surface area contributed by atoms with E-state index >= 15 is 0 Å². The van der Waals surface area contributed by atoms with Crippen LogP contribution in [0.4, 0.5) is 23.5 Å². The first-order valence-corrected chi connectivity index (χ1v) is 25.2. The maximum Gasteiger partial charge on any atom is 0.310 e. The summed E-state index contributed by atoms with van der Waals surface area (Å²) in [6.07, 6.45) is 18.8. The molecule has 0 unspecified atom stereocenters. The molecule has 0 radical (unpaired) electrons. The van der Waals surface area contributed by atoms with Crippen LogP contribution in [0.2, 0.25) is 0 Å². The molecular weight excluding hydrogens is 933 g/mol. The molecule has 2 aliphatic rings. The summed E-state index contributed by atoms with van der Waals surface area (Å²) in [6.45, 7) is 12.6. The number of hydrogen-bond acceptors (Lipinski definition) is 19. The Hall–Kier alpha value is -7.51. The zero-order chi connectivity index (χ0) is 52.1. The lowest BCUT2D eigenvalue weighted by molar-refractivity contribution is -0.147. The van der Waals surface area contributed by atoms with Crippen LogP contribution < -0.4 is 31.6 Å². The number of aromatic amines is 1. The fraction of sp³-hybridized carbons (Fsp3) is 0.491. The molecule has 2 fully saturated rings. The summed E-state index contributed by atoms with van der Waals surface area (Å²) in [5.74, 6) is 3.66. The van der Waals surface area contributed by atoms with Gasteiger partial charge in [-0.3, -0.25) is 19.2 Å². The number of rotatable bonds is 18. The maximum absolute atomic E-state index is 12.0. The van der Waals surface area contributed by atoms with Gasteiger partial charge in [0, 0.05) is 91.2 Å². The Morgan fingerprint density at radius 3 is 1.53 bits per heavy atom. The minimum atomic E-state index is -0.273. The first-order valence-electron chi connectivity index (χ1n) is 25.2. The molecule has 2 aliphatic carbocycles. The number of nitrogens with zero attached hydrogens (tertiary/aromatic N) is 7. The van der Waals surface area contributed by atoms with E-state index < -0.39 is 0 Å². The molecule has 0 atom stereocenters. The highest BCUT2D eigenvalue weighted by atomic mass is 16.5. The number of esters is 3. The minimum Gasteiger partial charge on any atom is -0.479 e. The Kier molecular flexibility index (Phi) is 21.0. The third kappa shape index (κ3) is 18.2. The van der Waals surface area contributed by atoms with Gasteiger partial charge in [-0.1, -0.05) is 0 Å². The van der Waals surface area contributed by atoms with Crippen molar-refractivity contribution in [3.8, 4) is 5.88 Å². The lowest BCUT2D eigenvalue weighted by Crippen LogP contribution is -2.29. The first kappa shape index (κ1) is 54.8. The van der Waals surface area contributed by atoms with Crippen molar-refractivity contribution < 1.29 is 33.3 Å². The summed E-state index contributed by atoms with van der Waals surface area (Å²) in [5.41, 5.74) is 2.55. The molecular formula is C53H70N12O8. The van der Waals surface area contributed by atoms with Crippen LogP contribution in [0.15, 0.2) is 78.4 Å². The van der Waals surface area contributed by atoms with E-state index in [0.29, 0.717) is 53.8 Å². The van der Waals surface area contributed by atoms with Gasteiger partial charge in [-0.05, 0) is 134 Å². The highest BCUT2D eigenvalue weighted by molar-refractivity contribution is 5.84. The molecule has 390 valence electrons. The normalized spacial score (nSPS) is 17.3. The highest BCUT2D eigenvalue weighted by Crippen LogP contribution is 2.29. The minimum absolute atomic E-state index is 0.121. The number of fused-ring (bicyclic) bond motifs is 2. The van der Waals surface area contributed by atoms with Crippen molar-refractivity contribution >= 4 is 63.2 Å². The fourth-order valence-electron chi connectivity index (χ4n) is 8.53. The van der Waals surface area contributed by atoms with E-state index in [1.54, 1.807) is 51.2 Å². The molecule has 20 nitrogen and oxygen atoms in total. The molecule has 6 aromatic rings. The van der Waals surface area contributed by atoms with Crippen molar-refractivity contribution in [1.29, 1.82) is 0 Å². The van der Waals surface area contributed by atoms with E-state index in [2.05, 4.69) is 60.9 Å². The fourth-order valence-corrected chi connectivity index (χ4v) is 8.53. The van der Waals surface area contributed by atoms with Gasteiger partial charge in [-0.15, -0.1) is 0 Å². The SMILES string of the molecule is CC(C)OC(=O)Cc1cnc(NCC2CCC(Nc3ccc4cc[nH]c(=O)c4n3)CC2)nc1.CCOC(C)=O.COc1nccc2ccc(NC3CCC(CNc4ncc(CC(=O)OC(C)C)cn4)CC3)nc12. The van der Waals surface area contributed by atoms with Crippen molar-refractivity contribution in [2.75, 3.05) is 48.1 Å². The number of anilines is 4. The van der Waals surface area contributed by atoms with Gasteiger partial charge in [0.25, 0.3) is 5.56 Å². The smallest absolute Gasteiger partial charge is 0.310 e. The molecule has 6 heterocycles. The average molecular weight is 1000 g/mol. The predicted molar refractivity (Wildman–Crippen MR) is 280 cm³/mol. The number of H-pyrrole nitrogens is 1. The molecule has 0 amide bonds. The molecule has 6 aromatic heterocycles. The Morgan fingerprint density at radius 2 is 1.11 bits per heavy atom. The standard InChI is InChI=1S/C25H32N6O3.C24H30N6O3.C4H8O2/c1-16(2)34-22(32)12-18-14-28-25(29-15-18)27-13-17-4-7-20(8-5-17)30-21-9-6-19-10-11-26-24(33-3)23(19)31-21;1-15(2)33-21(31)11-17-13-27-24(28-14-17)26-12-16-3-6-19(7-4-16)29-20-8-5-18-9-10-25-23(32)22(18)30-20;1-3-6-4(2)5/h6,9-11,14-17,20H,4-5,7-8,12-13H2,1-3H3,(H,30,31)(H,27,28,29);5,8-10,13-16,19H,3-4,6-7,11-12H2,1-2H3,(H,25,32)(H,29,30)(H,26,27,28);3H2,1-2H3. The lowest BCUT2D eigenvalue weighted by Gasteiger charge is -2.29. The van der Waals surface area contributed by atoms with Crippen LogP contribution in [-0.4, -0.2) is 109 Å². The summed E-state index contributed by atoms with van der Waals surface area (Å²) < 4.78 is 20.1. The van der Waals surface area contributed by atoms with Crippen LogP contribution in [0.5, 0.6) is 5.88 Å². The molecule has 0 bridgehead atoms. The van der Waals surface area contributed by atoms with E-state index in [-0.39, 0.29) is 48.5 Å². The van der Waals surface area contributed by atoms with Gasteiger partial charge in [-0.25, -0.2) is 34.9 Å². The zero-order valence-corrected chi connectivity index (χ0v) is 43.0. The van der Waals surface area contributed by atoms with Gasteiger partial charge in [-0.2, -0.15) is 0 Å². The summed E-state index contributed by atoms with van der Waals surface area (Å²) in [6, 6.07) is 12.4. The third-order valence-corrected chi connectivity index (χ3v) is 12.1. The van der Waals surface area contributed by atoms with Crippen LogP contribution >= 0.6 is 0 Å². The lowest BCUT2D eigenvalue weighted by atomic mass is 9.86. The Balaban J connectivity index is 0.000000214. The van der Waals surface area contributed by atoms with Crippen molar-refractivity contribution in [2.45, 2.75) is 130 Å². The number of hydrogen-bond donors (Lipinski definition) is 5. The summed E-state index contributed by atoms with van der Waals surface area (Å²) in [5, 5.41) is 15.5. The quantitative estimate of drug-likeness (QED) is 0.0405. The van der Waals surface area contributed by atoms with Gasteiger partial charge >= 0.3 is 17.9 Å². The Morgan fingerprint density at radius 1 is 0.644 bits per heavy atom. The Bertz CT molecular complexity index is 2740. The van der Waals surface area contributed by atoms with Crippen LogP contribution in [0, 0.1) is 11.8 Å². The largest absolute Gasteiger partial charge is 0.479 e. The van der Waals surface area contributed by atoms with Gasteiger partial charge in [0.2, 0.25) is 17.8 Å². The predicted octanol–water partition coefficient (Wildman–Crippen LogP) is 7.86.